The van der Waals surface area contributed by atoms with Gasteiger partial charge in [0, 0.05) is 43.6 Å². The molecule has 4 aromatic heterocycles. The Balaban J connectivity index is 1.29. The van der Waals surface area contributed by atoms with Crippen molar-refractivity contribution >= 4 is 76.5 Å². The second-order valence-electron chi connectivity index (χ2n) is 12.6. The standard InChI is InChI=1S/C44H26N4O/c1-3-14-28(15-4-1)40-43-41(33-24-23-27-13-7-8-18-30(27)42(33)49-43)46-44(45-40)48-37-22-12-10-20-32(37)35-25-38-34(26-39(35)48)31-19-9-11-21-36(31)47(38)29-16-5-2-6-17-29/h1-26H. The van der Waals surface area contributed by atoms with E-state index in [0.29, 0.717) is 11.5 Å². The predicted octanol–water partition coefficient (Wildman–Crippen LogP) is 11.4. The van der Waals surface area contributed by atoms with E-state index in [1.807, 2.05) is 18.2 Å². The number of nitrogens with zero attached hydrogens (tertiary/aromatic N) is 4. The lowest BCUT2D eigenvalue weighted by Crippen LogP contribution is -2.02. The highest BCUT2D eigenvalue weighted by Crippen LogP contribution is 2.41. The van der Waals surface area contributed by atoms with E-state index in [2.05, 4.69) is 149 Å². The molecule has 7 aromatic carbocycles. The first-order valence-corrected chi connectivity index (χ1v) is 16.5. The zero-order chi connectivity index (χ0) is 32.1. The van der Waals surface area contributed by atoms with Gasteiger partial charge in [0.25, 0.3) is 0 Å². The van der Waals surface area contributed by atoms with Gasteiger partial charge in [-0.3, -0.25) is 4.57 Å². The van der Waals surface area contributed by atoms with Crippen molar-refractivity contribution in [2.45, 2.75) is 0 Å². The Kier molecular flexibility index (Phi) is 5.32. The summed E-state index contributed by atoms with van der Waals surface area (Å²) in [6.07, 6.45) is 0. The fraction of sp³-hybridized carbons (Fsp3) is 0. The summed E-state index contributed by atoms with van der Waals surface area (Å²) < 4.78 is 11.3. The number of benzene rings is 7. The Morgan fingerprint density at radius 1 is 0.408 bits per heavy atom. The molecule has 0 aliphatic heterocycles. The fourth-order valence-corrected chi connectivity index (χ4v) is 7.75. The van der Waals surface area contributed by atoms with Crippen LogP contribution in [0.4, 0.5) is 0 Å². The molecular weight excluding hydrogens is 601 g/mol. The van der Waals surface area contributed by atoms with Crippen molar-refractivity contribution in [3.63, 3.8) is 0 Å². The van der Waals surface area contributed by atoms with Crippen molar-refractivity contribution in [2.24, 2.45) is 0 Å². The Labute approximate surface area is 279 Å². The second kappa shape index (κ2) is 9.89. The van der Waals surface area contributed by atoms with Gasteiger partial charge in [0.15, 0.2) is 5.58 Å². The monoisotopic (exact) mass is 626 g/mol. The SMILES string of the molecule is c1ccc(-c2nc(-n3c4ccccc4c4cc5c(cc43)c3ccccc3n5-c3ccccc3)nc3c2oc2c4ccccc4ccc32)cc1. The van der Waals surface area contributed by atoms with Crippen LogP contribution in [0.25, 0.3) is 99.3 Å². The van der Waals surface area contributed by atoms with Crippen LogP contribution >= 0.6 is 0 Å². The van der Waals surface area contributed by atoms with E-state index in [1.165, 1.54) is 16.3 Å². The summed E-state index contributed by atoms with van der Waals surface area (Å²) in [6.45, 7) is 0. The third kappa shape index (κ3) is 3.70. The third-order valence-electron chi connectivity index (χ3n) is 9.92. The van der Waals surface area contributed by atoms with E-state index in [9.17, 15) is 0 Å². The number of hydrogen-bond acceptors (Lipinski definition) is 3. The maximum absolute atomic E-state index is 6.71. The molecule has 11 aromatic rings. The van der Waals surface area contributed by atoms with Crippen LogP contribution in [0.2, 0.25) is 0 Å². The molecule has 0 spiro atoms. The zero-order valence-electron chi connectivity index (χ0n) is 26.2. The van der Waals surface area contributed by atoms with E-state index < -0.39 is 0 Å². The first-order valence-electron chi connectivity index (χ1n) is 16.5. The number of aromatic nitrogens is 4. The van der Waals surface area contributed by atoms with Crippen LogP contribution in [0, 0.1) is 0 Å². The normalized spacial score (nSPS) is 12.1. The van der Waals surface area contributed by atoms with Crippen LogP contribution < -0.4 is 0 Å². The van der Waals surface area contributed by atoms with Crippen molar-refractivity contribution in [2.75, 3.05) is 0 Å². The molecule has 0 saturated carbocycles. The summed E-state index contributed by atoms with van der Waals surface area (Å²) in [7, 11) is 0. The summed E-state index contributed by atoms with van der Waals surface area (Å²) >= 11 is 0. The van der Waals surface area contributed by atoms with Gasteiger partial charge < -0.3 is 8.98 Å². The van der Waals surface area contributed by atoms with Gasteiger partial charge in [-0.2, -0.15) is 0 Å². The second-order valence-corrected chi connectivity index (χ2v) is 12.6. The van der Waals surface area contributed by atoms with Crippen molar-refractivity contribution in [3.8, 4) is 22.9 Å². The van der Waals surface area contributed by atoms with Gasteiger partial charge in [-0.1, -0.05) is 115 Å². The van der Waals surface area contributed by atoms with E-state index in [0.717, 1.165) is 71.5 Å². The maximum Gasteiger partial charge on any atom is 0.236 e. The summed E-state index contributed by atoms with van der Waals surface area (Å²) in [5.41, 5.74) is 9.66. The minimum absolute atomic E-state index is 0.611. The molecule has 49 heavy (non-hydrogen) atoms. The first-order chi connectivity index (χ1) is 24.3. The van der Waals surface area contributed by atoms with Gasteiger partial charge in [0.05, 0.1) is 22.1 Å². The molecule has 0 unspecified atom stereocenters. The van der Waals surface area contributed by atoms with Gasteiger partial charge in [-0.05, 0) is 47.9 Å². The Morgan fingerprint density at radius 3 is 1.73 bits per heavy atom. The highest BCUT2D eigenvalue weighted by molar-refractivity contribution is 6.19. The molecule has 0 radical (unpaired) electrons. The number of rotatable bonds is 3. The average Bonchev–Trinajstić information content (AvgIpc) is 3.82. The van der Waals surface area contributed by atoms with E-state index in [4.69, 9.17) is 14.4 Å². The lowest BCUT2D eigenvalue weighted by molar-refractivity contribution is 0.670. The molecule has 11 rings (SSSR count). The summed E-state index contributed by atoms with van der Waals surface area (Å²) in [4.78, 5) is 10.7. The van der Waals surface area contributed by atoms with Crippen molar-refractivity contribution in [1.29, 1.82) is 0 Å². The first kappa shape index (κ1) is 26.4. The van der Waals surface area contributed by atoms with Crippen molar-refractivity contribution < 1.29 is 4.42 Å². The van der Waals surface area contributed by atoms with Crippen molar-refractivity contribution in [1.82, 2.24) is 19.1 Å². The van der Waals surface area contributed by atoms with Gasteiger partial charge in [-0.25, -0.2) is 9.97 Å². The minimum atomic E-state index is 0.611. The molecule has 0 saturated heterocycles. The van der Waals surface area contributed by atoms with Crippen molar-refractivity contribution in [3.05, 3.63) is 158 Å². The molecule has 5 nitrogen and oxygen atoms in total. The Hall–Kier alpha value is -6.72. The maximum atomic E-state index is 6.71. The number of hydrogen-bond donors (Lipinski definition) is 0. The Bertz CT molecular complexity index is 3100. The third-order valence-corrected chi connectivity index (χ3v) is 9.92. The van der Waals surface area contributed by atoms with Crippen LogP contribution in [0.1, 0.15) is 0 Å². The van der Waals surface area contributed by atoms with Crippen LogP contribution in [-0.4, -0.2) is 19.1 Å². The summed E-state index contributed by atoms with van der Waals surface area (Å²) in [5.74, 6) is 0.611. The quantitative estimate of drug-likeness (QED) is 0.196. The number of furan rings is 1. The molecule has 0 aliphatic rings. The number of fused-ring (bicyclic) bond motifs is 11. The molecule has 228 valence electrons. The van der Waals surface area contributed by atoms with Gasteiger partial charge >= 0.3 is 0 Å². The summed E-state index contributed by atoms with van der Waals surface area (Å²) in [5, 5.41) is 7.85. The van der Waals surface area contributed by atoms with Crippen LogP contribution in [0.15, 0.2) is 162 Å². The molecule has 0 N–H and O–H groups in total. The fourth-order valence-electron chi connectivity index (χ4n) is 7.75. The topological polar surface area (TPSA) is 48.8 Å². The van der Waals surface area contributed by atoms with E-state index >= 15 is 0 Å². The smallest absolute Gasteiger partial charge is 0.236 e. The lowest BCUT2D eigenvalue weighted by Gasteiger charge is -2.10. The summed E-state index contributed by atoms with van der Waals surface area (Å²) in [6, 6.07) is 55.4. The Morgan fingerprint density at radius 2 is 1.00 bits per heavy atom. The molecule has 0 amide bonds. The highest BCUT2D eigenvalue weighted by atomic mass is 16.3. The van der Waals surface area contributed by atoms with Gasteiger partial charge in [0.1, 0.15) is 16.8 Å². The predicted molar refractivity (Wildman–Crippen MR) is 201 cm³/mol. The van der Waals surface area contributed by atoms with E-state index in [1.54, 1.807) is 0 Å². The van der Waals surface area contributed by atoms with Crippen LogP contribution in [0.5, 0.6) is 0 Å². The number of para-hydroxylation sites is 3. The molecule has 0 bridgehead atoms. The zero-order valence-corrected chi connectivity index (χ0v) is 26.2. The average molecular weight is 627 g/mol. The largest absolute Gasteiger partial charge is 0.451 e. The van der Waals surface area contributed by atoms with E-state index in [-0.39, 0.29) is 0 Å². The van der Waals surface area contributed by atoms with Crippen LogP contribution in [0.3, 0.4) is 0 Å². The molecule has 0 fully saturated rings. The highest BCUT2D eigenvalue weighted by Gasteiger charge is 2.23. The minimum Gasteiger partial charge on any atom is -0.451 e. The van der Waals surface area contributed by atoms with Crippen LogP contribution in [-0.2, 0) is 0 Å². The molecular formula is C44H26N4O. The molecule has 5 heteroatoms. The van der Waals surface area contributed by atoms with Gasteiger partial charge in [0.2, 0.25) is 5.95 Å². The molecule has 4 heterocycles. The molecule has 0 aliphatic carbocycles. The molecule has 0 atom stereocenters. The van der Waals surface area contributed by atoms with Gasteiger partial charge in [-0.15, -0.1) is 0 Å². The lowest BCUT2D eigenvalue weighted by atomic mass is 10.1.